The molecule has 4 atom stereocenters. The van der Waals surface area contributed by atoms with Crippen molar-refractivity contribution >= 4 is 11.8 Å². The lowest BCUT2D eigenvalue weighted by atomic mass is 10.1. The van der Waals surface area contributed by atoms with Crippen LogP contribution < -0.4 is 15.4 Å². The predicted molar refractivity (Wildman–Crippen MR) is 102 cm³/mol. The molecule has 156 valence electrons. The van der Waals surface area contributed by atoms with Crippen molar-refractivity contribution in [1.29, 1.82) is 0 Å². The van der Waals surface area contributed by atoms with E-state index in [1.807, 2.05) is 19.0 Å². The second-order valence-corrected chi connectivity index (χ2v) is 6.99. The van der Waals surface area contributed by atoms with Gasteiger partial charge in [-0.05, 0) is 38.4 Å². The van der Waals surface area contributed by atoms with Gasteiger partial charge in [0.15, 0.2) is 0 Å². The maximum Gasteiger partial charge on any atom is 0.251 e. The Bertz CT molecular complexity index is 652. The van der Waals surface area contributed by atoms with Gasteiger partial charge in [-0.3, -0.25) is 9.59 Å². The van der Waals surface area contributed by atoms with Crippen molar-refractivity contribution < 1.29 is 29.3 Å². The number of carbonyl (C=O) groups is 2. The molecule has 1 aromatic carbocycles. The number of hydrogen-bond donors (Lipinski definition) is 4. The van der Waals surface area contributed by atoms with E-state index in [4.69, 9.17) is 9.47 Å². The first kappa shape index (κ1) is 22.1. The van der Waals surface area contributed by atoms with Gasteiger partial charge in [-0.25, -0.2) is 0 Å². The van der Waals surface area contributed by atoms with Gasteiger partial charge in [-0.1, -0.05) is 0 Å². The van der Waals surface area contributed by atoms with E-state index >= 15 is 0 Å². The van der Waals surface area contributed by atoms with Crippen LogP contribution in [0.1, 0.15) is 16.8 Å². The molecule has 1 fully saturated rings. The Kier molecular flexibility index (Phi) is 8.18. The van der Waals surface area contributed by atoms with Crippen LogP contribution in [0.3, 0.4) is 0 Å². The third kappa shape index (κ3) is 6.16. The molecule has 1 aliphatic rings. The van der Waals surface area contributed by atoms with E-state index in [1.54, 1.807) is 24.3 Å². The third-order valence-corrected chi connectivity index (χ3v) is 4.55. The molecule has 28 heavy (non-hydrogen) atoms. The fraction of sp³-hybridized carbons (Fsp3) is 0.579. The first-order valence-corrected chi connectivity index (χ1v) is 9.17. The molecular formula is C19H29N3O6. The van der Waals surface area contributed by atoms with Gasteiger partial charge in [0.2, 0.25) is 5.91 Å². The largest absolute Gasteiger partial charge is 0.497 e. The third-order valence-electron chi connectivity index (χ3n) is 4.55. The monoisotopic (exact) mass is 395 g/mol. The molecule has 0 bridgehead atoms. The number of methoxy groups -OCH3 is 1. The van der Waals surface area contributed by atoms with Crippen molar-refractivity contribution in [2.24, 2.45) is 0 Å². The molecule has 9 heteroatoms. The number of carbonyl (C=O) groups excluding carboxylic acids is 2. The fourth-order valence-corrected chi connectivity index (χ4v) is 2.87. The molecule has 1 aromatic rings. The molecule has 1 heterocycles. The summed E-state index contributed by atoms with van der Waals surface area (Å²) < 4.78 is 10.6. The van der Waals surface area contributed by atoms with Gasteiger partial charge < -0.3 is 35.2 Å². The maximum absolute atomic E-state index is 12.2. The Morgan fingerprint density at radius 2 is 1.75 bits per heavy atom. The lowest BCUT2D eigenvalue weighted by molar-refractivity contribution is -0.125. The highest BCUT2D eigenvalue weighted by molar-refractivity contribution is 5.94. The molecule has 0 radical (unpaired) electrons. The summed E-state index contributed by atoms with van der Waals surface area (Å²) in [5, 5.41) is 25.7. The smallest absolute Gasteiger partial charge is 0.251 e. The van der Waals surface area contributed by atoms with Crippen LogP contribution in [0.5, 0.6) is 5.75 Å². The first-order valence-electron chi connectivity index (χ1n) is 9.17. The van der Waals surface area contributed by atoms with E-state index in [-0.39, 0.29) is 24.8 Å². The van der Waals surface area contributed by atoms with E-state index in [2.05, 4.69) is 10.6 Å². The highest BCUT2D eigenvalue weighted by atomic mass is 16.5. The average Bonchev–Trinajstić information content (AvgIpc) is 2.93. The summed E-state index contributed by atoms with van der Waals surface area (Å²) in [5.74, 6) is 0.0414. The minimum absolute atomic E-state index is 0.0157. The average molecular weight is 395 g/mol. The second-order valence-electron chi connectivity index (χ2n) is 6.99. The zero-order valence-corrected chi connectivity index (χ0v) is 16.4. The fourth-order valence-electron chi connectivity index (χ4n) is 2.87. The SMILES string of the molecule is COc1ccc(C(=O)NC[C@H]2O[C@@H](CC(=O)NCCN(C)C)[C@@H](O)[C@@H]2O)cc1. The Balaban J connectivity index is 1.81. The Morgan fingerprint density at radius 3 is 2.36 bits per heavy atom. The van der Waals surface area contributed by atoms with E-state index in [9.17, 15) is 19.8 Å². The quantitative estimate of drug-likeness (QED) is 0.422. The van der Waals surface area contributed by atoms with Crippen LogP contribution in [0.15, 0.2) is 24.3 Å². The molecule has 0 aliphatic carbocycles. The number of nitrogens with one attached hydrogen (secondary N) is 2. The maximum atomic E-state index is 12.2. The summed E-state index contributed by atoms with van der Waals surface area (Å²) in [6.45, 7) is 1.20. The number of benzene rings is 1. The molecule has 9 nitrogen and oxygen atoms in total. The van der Waals surface area contributed by atoms with Crippen LogP contribution in [0.2, 0.25) is 0 Å². The topological polar surface area (TPSA) is 120 Å². The zero-order valence-electron chi connectivity index (χ0n) is 16.4. The summed E-state index contributed by atoms with van der Waals surface area (Å²) in [7, 11) is 5.34. The highest BCUT2D eigenvalue weighted by Gasteiger charge is 2.43. The Hall–Kier alpha value is -2.20. The Labute approximate surface area is 164 Å². The van der Waals surface area contributed by atoms with Gasteiger partial charge >= 0.3 is 0 Å². The number of likely N-dealkylation sites (N-methyl/N-ethyl adjacent to an activating group) is 1. The molecule has 0 saturated carbocycles. The molecular weight excluding hydrogens is 366 g/mol. The number of hydrogen-bond acceptors (Lipinski definition) is 7. The normalized spacial score (nSPS) is 24.2. The number of ether oxygens (including phenoxy) is 2. The lowest BCUT2D eigenvalue weighted by Crippen LogP contribution is -2.40. The van der Waals surface area contributed by atoms with Gasteiger partial charge in [0, 0.05) is 25.2 Å². The lowest BCUT2D eigenvalue weighted by Gasteiger charge is -2.16. The van der Waals surface area contributed by atoms with Crippen LogP contribution >= 0.6 is 0 Å². The second kappa shape index (κ2) is 10.4. The molecule has 4 N–H and O–H groups in total. The van der Waals surface area contributed by atoms with Crippen LogP contribution in [-0.2, 0) is 9.53 Å². The van der Waals surface area contributed by atoms with Crippen molar-refractivity contribution in [3.05, 3.63) is 29.8 Å². The molecule has 0 spiro atoms. The summed E-state index contributed by atoms with van der Waals surface area (Å²) in [4.78, 5) is 26.1. The van der Waals surface area contributed by atoms with E-state index in [1.165, 1.54) is 7.11 Å². The van der Waals surface area contributed by atoms with Crippen molar-refractivity contribution in [1.82, 2.24) is 15.5 Å². The number of rotatable bonds is 9. The van der Waals surface area contributed by atoms with Crippen molar-refractivity contribution in [3.8, 4) is 5.75 Å². The number of amides is 2. The first-order chi connectivity index (χ1) is 13.3. The van der Waals surface area contributed by atoms with Crippen LogP contribution in [-0.4, -0.2) is 92.2 Å². The van der Waals surface area contributed by atoms with Gasteiger partial charge in [-0.15, -0.1) is 0 Å². The molecule has 0 aromatic heterocycles. The predicted octanol–water partition coefficient (Wildman–Crippen LogP) is -1.02. The summed E-state index contributed by atoms with van der Waals surface area (Å²) >= 11 is 0. The van der Waals surface area contributed by atoms with Crippen molar-refractivity contribution in [2.75, 3.05) is 40.8 Å². The summed E-state index contributed by atoms with van der Waals surface area (Å²) in [5.41, 5.74) is 0.436. The Morgan fingerprint density at radius 1 is 1.11 bits per heavy atom. The van der Waals surface area contributed by atoms with Crippen molar-refractivity contribution in [3.63, 3.8) is 0 Å². The molecule has 2 amide bonds. The van der Waals surface area contributed by atoms with E-state index in [0.717, 1.165) is 0 Å². The number of nitrogens with zero attached hydrogens (tertiary/aromatic N) is 1. The van der Waals surface area contributed by atoms with Gasteiger partial charge in [0.25, 0.3) is 5.91 Å². The molecule has 0 unspecified atom stereocenters. The van der Waals surface area contributed by atoms with E-state index in [0.29, 0.717) is 24.4 Å². The van der Waals surface area contributed by atoms with E-state index < -0.39 is 24.4 Å². The van der Waals surface area contributed by atoms with Crippen LogP contribution in [0.4, 0.5) is 0 Å². The highest BCUT2D eigenvalue weighted by Crippen LogP contribution is 2.23. The minimum Gasteiger partial charge on any atom is -0.497 e. The number of aliphatic hydroxyl groups is 2. The standard InChI is InChI=1S/C19H29N3O6/c1-22(2)9-8-20-16(23)10-14-17(24)18(25)15(28-14)11-21-19(26)12-4-6-13(27-3)7-5-12/h4-7,14-15,17-18,24-25H,8-11H2,1-3H3,(H,20,23)(H,21,26)/t14-,15+,17+,18+/m0/s1. The summed E-state index contributed by atoms with van der Waals surface area (Å²) in [6, 6.07) is 6.58. The van der Waals surface area contributed by atoms with Crippen molar-refractivity contribution in [2.45, 2.75) is 30.8 Å². The van der Waals surface area contributed by atoms with Gasteiger partial charge in [0.1, 0.15) is 24.1 Å². The number of aliphatic hydroxyl groups excluding tert-OH is 2. The van der Waals surface area contributed by atoms with Crippen LogP contribution in [0.25, 0.3) is 0 Å². The minimum atomic E-state index is -1.19. The van der Waals surface area contributed by atoms with Crippen LogP contribution in [0, 0.1) is 0 Å². The summed E-state index contributed by atoms with van der Waals surface area (Å²) in [6.07, 6.45) is -4.05. The molecule has 1 aliphatic heterocycles. The zero-order chi connectivity index (χ0) is 20.7. The molecule has 1 saturated heterocycles. The molecule has 2 rings (SSSR count). The van der Waals surface area contributed by atoms with Gasteiger partial charge in [0.05, 0.1) is 19.6 Å². The van der Waals surface area contributed by atoms with Gasteiger partial charge in [-0.2, -0.15) is 0 Å².